The van der Waals surface area contributed by atoms with Gasteiger partial charge in [-0.15, -0.1) is 11.8 Å². The zero-order chi connectivity index (χ0) is 27.1. The van der Waals surface area contributed by atoms with E-state index in [2.05, 4.69) is 27.0 Å². The van der Waals surface area contributed by atoms with Gasteiger partial charge in [0.25, 0.3) is 0 Å². The predicted octanol–water partition coefficient (Wildman–Crippen LogP) is 6.44. The van der Waals surface area contributed by atoms with Gasteiger partial charge in [0.2, 0.25) is 5.88 Å². The second-order valence-corrected chi connectivity index (χ2v) is 12.0. The number of nitrogens with zero attached hydrogens (tertiary/aromatic N) is 3. The number of aromatic nitrogens is 2. The van der Waals surface area contributed by atoms with Crippen molar-refractivity contribution in [2.45, 2.75) is 63.3 Å². The van der Waals surface area contributed by atoms with E-state index in [1.54, 1.807) is 7.11 Å². The standard InChI is InChI=1S/C29H37N3O4S/c1-21-8-12-23(13-9-21)35-26-18-25(30-20-31-26)32(16-17-34-7)19-22-10-14-24(15-11-22)37-29(5,6)27(33)36-28(2,3)4/h8-15,18,20H,16-17,19H2,1-7H3. The average molecular weight is 524 g/mol. The predicted molar refractivity (Wildman–Crippen MR) is 148 cm³/mol. The second-order valence-electron chi connectivity index (χ2n) is 10.3. The normalized spacial score (nSPS) is 11.8. The Kier molecular flexibility index (Phi) is 9.56. The highest BCUT2D eigenvalue weighted by atomic mass is 32.2. The molecule has 0 fully saturated rings. The van der Waals surface area contributed by atoms with Crippen LogP contribution in [-0.4, -0.2) is 46.5 Å². The highest BCUT2D eigenvalue weighted by Gasteiger charge is 2.33. The Morgan fingerprint density at radius 2 is 1.65 bits per heavy atom. The minimum atomic E-state index is -0.700. The molecule has 7 nitrogen and oxygen atoms in total. The quantitative estimate of drug-likeness (QED) is 0.210. The Bertz CT molecular complexity index is 1160. The molecule has 0 amide bonds. The number of hydrogen-bond acceptors (Lipinski definition) is 8. The number of anilines is 1. The maximum absolute atomic E-state index is 12.6. The topological polar surface area (TPSA) is 73.8 Å². The molecule has 1 aromatic heterocycles. The van der Waals surface area contributed by atoms with Crippen LogP contribution in [0.4, 0.5) is 5.82 Å². The highest BCUT2D eigenvalue weighted by molar-refractivity contribution is 8.01. The lowest BCUT2D eigenvalue weighted by molar-refractivity contribution is -0.156. The molecule has 8 heteroatoms. The van der Waals surface area contributed by atoms with E-state index in [9.17, 15) is 4.79 Å². The van der Waals surface area contributed by atoms with Gasteiger partial charge in [0.15, 0.2) is 0 Å². The van der Waals surface area contributed by atoms with Crippen LogP contribution in [0.25, 0.3) is 0 Å². The summed E-state index contributed by atoms with van der Waals surface area (Å²) in [5.41, 5.74) is 1.76. The maximum atomic E-state index is 12.6. The van der Waals surface area contributed by atoms with Gasteiger partial charge in [0.1, 0.15) is 28.2 Å². The number of esters is 1. The molecule has 0 bridgehead atoms. The summed E-state index contributed by atoms with van der Waals surface area (Å²) >= 11 is 1.49. The summed E-state index contributed by atoms with van der Waals surface area (Å²) in [5.74, 6) is 1.72. The molecule has 0 spiro atoms. The van der Waals surface area contributed by atoms with Crippen LogP contribution < -0.4 is 9.64 Å². The van der Waals surface area contributed by atoms with Gasteiger partial charge in [-0.25, -0.2) is 9.97 Å². The van der Waals surface area contributed by atoms with Crippen LogP contribution in [0.5, 0.6) is 11.6 Å². The van der Waals surface area contributed by atoms with Crippen LogP contribution in [0.15, 0.2) is 65.8 Å². The van der Waals surface area contributed by atoms with Crippen molar-refractivity contribution in [3.05, 3.63) is 72.1 Å². The minimum Gasteiger partial charge on any atom is -0.459 e. The molecule has 2 aromatic carbocycles. The van der Waals surface area contributed by atoms with Crippen molar-refractivity contribution >= 4 is 23.5 Å². The first-order valence-corrected chi connectivity index (χ1v) is 13.1. The largest absolute Gasteiger partial charge is 0.459 e. The first kappa shape index (κ1) is 28.5. The molecule has 0 atom stereocenters. The summed E-state index contributed by atoms with van der Waals surface area (Å²) in [6, 6.07) is 17.9. The van der Waals surface area contributed by atoms with Gasteiger partial charge in [-0.1, -0.05) is 29.8 Å². The number of rotatable bonds is 11. The van der Waals surface area contributed by atoms with Gasteiger partial charge in [-0.05, 0) is 71.4 Å². The molecule has 0 radical (unpaired) electrons. The van der Waals surface area contributed by atoms with Crippen molar-refractivity contribution in [1.82, 2.24) is 9.97 Å². The molecular formula is C29H37N3O4S. The van der Waals surface area contributed by atoms with Crippen molar-refractivity contribution < 1.29 is 19.0 Å². The molecule has 0 aliphatic heterocycles. The lowest BCUT2D eigenvalue weighted by Gasteiger charge is -2.28. The van der Waals surface area contributed by atoms with Gasteiger partial charge in [0, 0.05) is 31.2 Å². The number of thioether (sulfide) groups is 1. The van der Waals surface area contributed by atoms with Crippen LogP contribution >= 0.6 is 11.8 Å². The van der Waals surface area contributed by atoms with Crippen molar-refractivity contribution in [2.24, 2.45) is 0 Å². The summed E-state index contributed by atoms with van der Waals surface area (Å²) in [6.45, 7) is 13.3. The number of ether oxygens (including phenoxy) is 3. The Balaban J connectivity index is 1.71. The molecule has 0 unspecified atom stereocenters. The number of carbonyl (C=O) groups excluding carboxylic acids is 1. The van der Waals surface area contributed by atoms with Gasteiger partial charge in [0.05, 0.1) is 6.61 Å². The summed E-state index contributed by atoms with van der Waals surface area (Å²) in [4.78, 5) is 24.5. The lowest BCUT2D eigenvalue weighted by atomic mass is 10.1. The number of methoxy groups -OCH3 is 1. The van der Waals surface area contributed by atoms with Gasteiger partial charge < -0.3 is 19.1 Å². The number of hydrogen-bond donors (Lipinski definition) is 0. The molecular weight excluding hydrogens is 486 g/mol. The van der Waals surface area contributed by atoms with Gasteiger partial charge in [-0.3, -0.25) is 4.79 Å². The van der Waals surface area contributed by atoms with E-state index in [1.807, 2.05) is 84.0 Å². The SMILES string of the molecule is COCCN(Cc1ccc(SC(C)(C)C(=O)OC(C)(C)C)cc1)c1cc(Oc2ccc(C)cc2)ncn1. The summed E-state index contributed by atoms with van der Waals surface area (Å²) in [6.07, 6.45) is 1.51. The van der Waals surface area contributed by atoms with Crippen LogP contribution in [0.2, 0.25) is 0 Å². The number of aryl methyl sites for hydroxylation is 1. The summed E-state index contributed by atoms with van der Waals surface area (Å²) < 4.78 is 16.2. The summed E-state index contributed by atoms with van der Waals surface area (Å²) in [5, 5.41) is 0. The Hall–Kier alpha value is -3.10. The molecule has 0 N–H and O–H groups in total. The van der Waals surface area contributed by atoms with E-state index >= 15 is 0 Å². The third-order valence-corrected chi connectivity index (χ3v) is 6.51. The zero-order valence-electron chi connectivity index (χ0n) is 22.8. The van der Waals surface area contributed by atoms with Gasteiger partial charge >= 0.3 is 5.97 Å². The highest BCUT2D eigenvalue weighted by Crippen LogP contribution is 2.35. The van der Waals surface area contributed by atoms with Gasteiger partial charge in [-0.2, -0.15) is 0 Å². The minimum absolute atomic E-state index is 0.229. The molecule has 3 aromatic rings. The van der Waals surface area contributed by atoms with E-state index < -0.39 is 10.3 Å². The fraction of sp³-hybridized carbons (Fsp3) is 0.414. The fourth-order valence-corrected chi connectivity index (χ4v) is 4.37. The lowest BCUT2D eigenvalue weighted by Crippen LogP contribution is -2.36. The monoisotopic (exact) mass is 523 g/mol. The molecule has 198 valence electrons. The molecule has 0 aliphatic rings. The smallest absolute Gasteiger partial charge is 0.322 e. The average Bonchev–Trinajstić information content (AvgIpc) is 2.83. The number of benzene rings is 2. The Morgan fingerprint density at radius 1 is 0.973 bits per heavy atom. The van der Waals surface area contributed by atoms with E-state index in [4.69, 9.17) is 14.2 Å². The third kappa shape index (κ3) is 9.05. The zero-order valence-corrected chi connectivity index (χ0v) is 23.6. The molecule has 3 rings (SSSR count). The molecule has 0 saturated carbocycles. The van der Waals surface area contributed by atoms with Crippen molar-refractivity contribution in [1.29, 1.82) is 0 Å². The fourth-order valence-electron chi connectivity index (χ4n) is 3.38. The summed E-state index contributed by atoms with van der Waals surface area (Å²) in [7, 11) is 1.68. The van der Waals surface area contributed by atoms with Crippen molar-refractivity contribution in [3.63, 3.8) is 0 Å². The molecule has 1 heterocycles. The van der Waals surface area contributed by atoms with E-state index in [0.29, 0.717) is 25.6 Å². The van der Waals surface area contributed by atoms with Crippen LogP contribution in [0.1, 0.15) is 45.7 Å². The Morgan fingerprint density at radius 3 is 2.27 bits per heavy atom. The van der Waals surface area contributed by atoms with Crippen LogP contribution in [-0.2, 0) is 20.8 Å². The van der Waals surface area contributed by atoms with E-state index in [-0.39, 0.29) is 5.97 Å². The van der Waals surface area contributed by atoms with Crippen molar-refractivity contribution in [3.8, 4) is 11.6 Å². The first-order valence-electron chi connectivity index (χ1n) is 12.3. The van der Waals surface area contributed by atoms with Crippen LogP contribution in [0.3, 0.4) is 0 Å². The first-order chi connectivity index (χ1) is 17.4. The van der Waals surface area contributed by atoms with E-state index in [1.165, 1.54) is 23.7 Å². The molecule has 0 aliphatic carbocycles. The van der Waals surface area contributed by atoms with Crippen molar-refractivity contribution in [2.75, 3.05) is 25.2 Å². The Labute approximate surface area is 224 Å². The molecule has 37 heavy (non-hydrogen) atoms. The third-order valence-electron chi connectivity index (χ3n) is 5.32. The maximum Gasteiger partial charge on any atom is 0.322 e. The van der Waals surface area contributed by atoms with Crippen LogP contribution in [0, 0.1) is 6.92 Å². The van der Waals surface area contributed by atoms with E-state index in [0.717, 1.165) is 22.0 Å². The second kappa shape index (κ2) is 12.4. The molecule has 0 saturated heterocycles. The number of carbonyl (C=O) groups is 1.